The fourth-order valence-corrected chi connectivity index (χ4v) is 1.44. The predicted octanol–water partition coefficient (Wildman–Crippen LogP) is 2.98. The quantitative estimate of drug-likeness (QED) is 0.645. The summed E-state index contributed by atoms with van der Waals surface area (Å²) in [5.41, 5.74) is 2.11. The van der Waals surface area contributed by atoms with Crippen molar-refractivity contribution in [2.24, 2.45) is 0 Å². The zero-order valence-electron chi connectivity index (χ0n) is 6.48. The van der Waals surface area contributed by atoms with Crippen molar-refractivity contribution in [1.82, 2.24) is 0 Å². The highest BCUT2D eigenvalue weighted by Gasteiger charge is 2.01. The molecule has 1 aromatic carbocycles. The Balaban J connectivity index is 3.24. The van der Waals surface area contributed by atoms with E-state index in [9.17, 15) is 0 Å². The molecule has 60 valence electrons. The van der Waals surface area contributed by atoms with Crippen molar-refractivity contribution in [3.05, 3.63) is 22.7 Å². The van der Waals surface area contributed by atoms with E-state index in [2.05, 4.69) is 17.9 Å². The number of rotatable bonds is 1. The molecule has 0 saturated heterocycles. The molecule has 0 fully saturated rings. The predicted molar refractivity (Wildman–Crippen MR) is 53.0 cm³/mol. The van der Waals surface area contributed by atoms with E-state index < -0.39 is 0 Å². The van der Waals surface area contributed by atoms with Crippen molar-refractivity contribution in [3.63, 3.8) is 0 Å². The Bertz CT molecular complexity index is 273. The second kappa shape index (κ2) is 3.37. The lowest BCUT2D eigenvalue weighted by atomic mass is 10.2. The largest absolute Gasteiger partial charge is 0.387 e. The van der Waals surface area contributed by atoms with Crippen molar-refractivity contribution in [3.8, 4) is 0 Å². The molecule has 0 atom stereocenters. The van der Waals surface area contributed by atoms with Crippen LogP contribution in [0.15, 0.2) is 17.0 Å². The summed E-state index contributed by atoms with van der Waals surface area (Å²) in [6.07, 6.45) is 0. The molecule has 0 heterocycles. The zero-order chi connectivity index (χ0) is 8.43. The summed E-state index contributed by atoms with van der Waals surface area (Å²) in [6, 6.07) is 3.90. The molecule has 0 radical (unpaired) electrons. The Hall–Kier alpha value is -0.340. The van der Waals surface area contributed by atoms with Crippen LogP contribution in [0.5, 0.6) is 0 Å². The third-order valence-corrected chi connectivity index (χ3v) is 2.39. The lowest BCUT2D eigenvalue weighted by Gasteiger charge is -2.06. The van der Waals surface area contributed by atoms with Gasteiger partial charge in [0.15, 0.2) is 0 Å². The SMILES string of the molecule is CNc1cc(C)cc(Cl)c1S. The minimum absolute atomic E-state index is 0.692. The van der Waals surface area contributed by atoms with Crippen molar-refractivity contribution >= 4 is 29.9 Å². The lowest BCUT2D eigenvalue weighted by Crippen LogP contribution is -1.90. The number of thiol groups is 1. The number of anilines is 1. The second-order valence-corrected chi connectivity index (χ2v) is 3.25. The summed E-state index contributed by atoms with van der Waals surface area (Å²) >= 11 is 10.1. The summed E-state index contributed by atoms with van der Waals surface area (Å²) in [7, 11) is 1.85. The van der Waals surface area contributed by atoms with E-state index in [0.29, 0.717) is 5.02 Å². The van der Waals surface area contributed by atoms with Gasteiger partial charge >= 0.3 is 0 Å². The van der Waals surface area contributed by atoms with Gasteiger partial charge in [-0.05, 0) is 24.6 Å². The van der Waals surface area contributed by atoms with Crippen molar-refractivity contribution in [2.45, 2.75) is 11.8 Å². The van der Waals surface area contributed by atoms with Crippen LogP contribution in [0.4, 0.5) is 5.69 Å². The lowest BCUT2D eigenvalue weighted by molar-refractivity contribution is 1.34. The number of benzene rings is 1. The Labute approximate surface area is 77.2 Å². The normalized spacial score (nSPS) is 9.82. The number of aryl methyl sites for hydroxylation is 1. The van der Waals surface area contributed by atoms with Crippen LogP contribution in [0.3, 0.4) is 0 Å². The third-order valence-electron chi connectivity index (χ3n) is 1.48. The summed E-state index contributed by atoms with van der Waals surface area (Å²) in [5.74, 6) is 0. The Morgan fingerprint density at radius 1 is 1.45 bits per heavy atom. The summed E-state index contributed by atoms with van der Waals surface area (Å²) < 4.78 is 0. The Kier molecular flexibility index (Phi) is 2.68. The van der Waals surface area contributed by atoms with Crippen LogP contribution < -0.4 is 5.32 Å². The van der Waals surface area contributed by atoms with Crippen LogP contribution in [0, 0.1) is 6.92 Å². The summed E-state index contributed by atoms with van der Waals surface area (Å²) in [4.78, 5) is 0.805. The van der Waals surface area contributed by atoms with Crippen molar-refractivity contribution in [2.75, 3.05) is 12.4 Å². The van der Waals surface area contributed by atoms with Gasteiger partial charge in [0.25, 0.3) is 0 Å². The van der Waals surface area contributed by atoms with Crippen LogP contribution in [0.2, 0.25) is 5.02 Å². The van der Waals surface area contributed by atoms with Crippen LogP contribution in [0.1, 0.15) is 5.56 Å². The molecule has 1 nitrogen and oxygen atoms in total. The molecular formula is C8H10ClNS. The molecule has 0 unspecified atom stereocenters. The van der Waals surface area contributed by atoms with Crippen molar-refractivity contribution < 1.29 is 0 Å². The molecule has 0 aliphatic rings. The first-order chi connectivity index (χ1) is 5.15. The molecule has 0 bridgehead atoms. The third kappa shape index (κ3) is 1.82. The first-order valence-electron chi connectivity index (χ1n) is 3.32. The van der Waals surface area contributed by atoms with Gasteiger partial charge in [-0.25, -0.2) is 0 Å². The van der Waals surface area contributed by atoms with Crippen LogP contribution in [-0.2, 0) is 0 Å². The highest BCUT2D eigenvalue weighted by atomic mass is 35.5. The summed E-state index contributed by atoms with van der Waals surface area (Å²) in [6.45, 7) is 2.00. The van der Waals surface area contributed by atoms with Crippen LogP contribution in [-0.4, -0.2) is 7.05 Å². The van der Waals surface area contributed by atoms with E-state index in [-0.39, 0.29) is 0 Å². The van der Waals surface area contributed by atoms with E-state index >= 15 is 0 Å². The average Bonchev–Trinajstić information content (AvgIpc) is 1.96. The second-order valence-electron chi connectivity index (χ2n) is 2.39. The van der Waals surface area contributed by atoms with E-state index in [0.717, 1.165) is 16.1 Å². The first kappa shape index (κ1) is 8.75. The van der Waals surface area contributed by atoms with E-state index in [1.807, 2.05) is 26.1 Å². The van der Waals surface area contributed by atoms with Gasteiger partial charge in [-0.3, -0.25) is 0 Å². The molecule has 0 saturated carbocycles. The summed E-state index contributed by atoms with van der Waals surface area (Å²) in [5, 5.41) is 3.71. The molecule has 0 aliphatic carbocycles. The van der Waals surface area contributed by atoms with Gasteiger partial charge in [-0.15, -0.1) is 12.6 Å². The maximum absolute atomic E-state index is 5.88. The fraction of sp³-hybridized carbons (Fsp3) is 0.250. The first-order valence-corrected chi connectivity index (χ1v) is 4.14. The highest BCUT2D eigenvalue weighted by molar-refractivity contribution is 7.80. The van der Waals surface area contributed by atoms with Gasteiger partial charge < -0.3 is 5.32 Å². The smallest absolute Gasteiger partial charge is 0.0562 e. The Morgan fingerprint density at radius 3 is 2.64 bits per heavy atom. The van der Waals surface area contributed by atoms with E-state index in [1.165, 1.54) is 0 Å². The van der Waals surface area contributed by atoms with Crippen molar-refractivity contribution in [1.29, 1.82) is 0 Å². The topological polar surface area (TPSA) is 12.0 Å². The average molecular weight is 188 g/mol. The fourth-order valence-electron chi connectivity index (χ4n) is 0.925. The number of nitrogens with one attached hydrogen (secondary N) is 1. The number of hydrogen-bond acceptors (Lipinski definition) is 2. The minimum Gasteiger partial charge on any atom is -0.387 e. The molecule has 3 heteroatoms. The Morgan fingerprint density at radius 2 is 2.09 bits per heavy atom. The molecule has 11 heavy (non-hydrogen) atoms. The molecule has 1 rings (SSSR count). The highest BCUT2D eigenvalue weighted by Crippen LogP contribution is 2.29. The monoisotopic (exact) mass is 187 g/mol. The van der Waals surface area contributed by atoms with Gasteiger partial charge in [0, 0.05) is 17.6 Å². The number of halogens is 1. The molecule has 0 aromatic heterocycles. The van der Waals surface area contributed by atoms with Gasteiger partial charge in [0.05, 0.1) is 5.02 Å². The van der Waals surface area contributed by atoms with Gasteiger partial charge in [-0.2, -0.15) is 0 Å². The van der Waals surface area contributed by atoms with Crippen LogP contribution in [0.25, 0.3) is 0 Å². The minimum atomic E-state index is 0.692. The number of hydrogen-bond donors (Lipinski definition) is 2. The van der Waals surface area contributed by atoms with E-state index in [4.69, 9.17) is 11.6 Å². The van der Waals surface area contributed by atoms with Gasteiger partial charge in [-0.1, -0.05) is 11.6 Å². The maximum Gasteiger partial charge on any atom is 0.0562 e. The standard InChI is InChI=1S/C8H10ClNS/c1-5-3-6(9)8(11)7(4-5)10-2/h3-4,10-11H,1-2H3. The molecule has 0 amide bonds. The molecular weight excluding hydrogens is 178 g/mol. The maximum atomic E-state index is 5.88. The van der Waals surface area contributed by atoms with Gasteiger partial charge in [0.1, 0.15) is 0 Å². The van der Waals surface area contributed by atoms with E-state index in [1.54, 1.807) is 0 Å². The zero-order valence-corrected chi connectivity index (χ0v) is 8.13. The molecule has 0 aliphatic heterocycles. The molecule has 1 N–H and O–H groups in total. The van der Waals surface area contributed by atoms with Gasteiger partial charge in [0.2, 0.25) is 0 Å². The van der Waals surface area contributed by atoms with Crippen LogP contribution >= 0.6 is 24.2 Å². The molecule has 1 aromatic rings. The molecule has 0 spiro atoms.